The van der Waals surface area contributed by atoms with E-state index in [-0.39, 0.29) is 11.9 Å². The van der Waals surface area contributed by atoms with Crippen LogP contribution < -0.4 is 0 Å². The summed E-state index contributed by atoms with van der Waals surface area (Å²) in [5.41, 5.74) is 0. The second-order valence-electron chi connectivity index (χ2n) is 6.04. The molecule has 0 aromatic heterocycles. The lowest BCUT2D eigenvalue weighted by Crippen LogP contribution is -2.15. The molecule has 20 heavy (non-hydrogen) atoms. The Balaban J connectivity index is 3.30. The van der Waals surface area contributed by atoms with E-state index in [1.54, 1.807) is 0 Å². The highest BCUT2D eigenvalue weighted by atomic mass is 16.5. The molecule has 0 bridgehead atoms. The number of rotatable bonds is 14. The fraction of sp³-hybridized carbons (Fsp3) is 0.944. The van der Waals surface area contributed by atoms with Gasteiger partial charge < -0.3 is 4.74 Å². The first-order valence-electron chi connectivity index (χ1n) is 8.89. The standard InChI is InChI=1S/C18H36O2/c1-4-6-8-9-10-11-12-14-16-20-18(19)17(3)15-13-7-5-2/h17H,4-16H2,1-3H3. The summed E-state index contributed by atoms with van der Waals surface area (Å²) in [6.07, 6.45) is 14.8. The van der Waals surface area contributed by atoms with Gasteiger partial charge in [-0.05, 0) is 12.8 Å². The average molecular weight is 284 g/mol. The summed E-state index contributed by atoms with van der Waals surface area (Å²) >= 11 is 0. The second-order valence-corrected chi connectivity index (χ2v) is 6.04. The van der Waals surface area contributed by atoms with Gasteiger partial charge in [-0.25, -0.2) is 0 Å². The molecule has 0 saturated heterocycles. The molecule has 120 valence electrons. The minimum atomic E-state index is 0.00375. The molecule has 0 fully saturated rings. The van der Waals surface area contributed by atoms with Crippen molar-refractivity contribution in [3.8, 4) is 0 Å². The highest BCUT2D eigenvalue weighted by Crippen LogP contribution is 2.12. The monoisotopic (exact) mass is 284 g/mol. The number of hydrogen-bond acceptors (Lipinski definition) is 2. The summed E-state index contributed by atoms with van der Waals surface area (Å²) in [7, 11) is 0. The zero-order valence-electron chi connectivity index (χ0n) is 14.1. The molecule has 2 heteroatoms. The van der Waals surface area contributed by atoms with Crippen LogP contribution in [-0.2, 0) is 9.53 Å². The third kappa shape index (κ3) is 12.5. The summed E-state index contributed by atoms with van der Waals surface area (Å²) < 4.78 is 5.34. The molecule has 0 spiro atoms. The maximum Gasteiger partial charge on any atom is 0.308 e. The van der Waals surface area contributed by atoms with Crippen molar-refractivity contribution in [3.63, 3.8) is 0 Å². The van der Waals surface area contributed by atoms with Gasteiger partial charge in [0.25, 0.3) is 0 Å². The predicted octanol–water partition coefficient (Wildman–Crippen LogP) is 5.89. The molecule has 0 aromatic rings. The molecule has 0 heterocycles. The highest BCUT2D eigenvalue weighted by Gasteiger charge is 2.13. The lowest BCUT2D eigenvalue weighted by atomic mass is 10.0. The van der Waals surface area contributed by atoms with Crippen LogP contribution in [0.25, 0.3) is 0 Å². The second kappa shape index (κ2) is 14.9. The summed E-state index contributed by atoms with van der Waals surface area (Å²) in [4.78, 5) is 11.7. The predicted molar refractivity (Wildman–Crippen MR) is 86.9 cm³/mol. The molecule has 2 nitrogen and oxygen atoms in total. The Labute approximate surface area is 126 Å². The fourth-order valence-corrected chi connectivity index (χ4v) is 2.37. The first-order valence-corrected chi connectivity index (χ1v) is 8.89. The Kier molecular flexibility index (Phi) is 14.5. The molecule has 0 aliphatic rings. The van der Waals surface area contributed by atoms with E-state index >= 15 is 0 Å². The van der Waals surface area contributed by atoms with Gasteiger partial charge in [0.05, 0.1) is 12.5 Å². The highest BCUT2D eigenvalue weighted by molar-refractivity contribution is 5.71. The third-order valence-corrected chi connectivity index (χ3v) is 3.89. The molecular weight excluding hydrogens is 248 g/mol. The molecule has 0 aliphatic carbocycles. The van der Waals surface area contributed by atoms with Crippen LogP contribution in [0.3, 0.4) is 0 Å². The van der Waals surface area contributed by atoms with E-state index in [0.29, 0.717) is 6.61 Å². The number of ether oxygens (including phenoxy) is 1. The van der Waals surface area contributed by atoms with Crippen LogP contribution in [0, 0.1) is 5.92 Å². The summed E-state index contributed by atoms with van der Waals surface area (Å²) in [5, 5.41) is 0. The number of carbonyl (C=O) groups excluding carboxylic acids is 1. The largest absolute Gasteiger partial charge is 0.465 e. The van der Waals surface area contributed by atoms with Crippen molar-refractivity contribution in [2.75, 3.05) is 6.61 Å². The van der Waals surface area contributed by atoms with E-state index in [0.717, 1.165) is 19.3 Å². The van der Waals surface area contributed by atoms with Crippen molar-refractivity contribution in [2.45, 2.75) is 97.8 Å². The quantitative estimate of drug-likeness (QED) is 0.294. The Hall–Kier alpha value is -0.530. The molecule has 1 atom stereocenters. The van der Waals surface area contributed by atoms with Crippen LogP contribution in [0.4, 0.5) is 0 Å². The van der Waals surface area contributed by atoms with E-state index in [1.807, 2.05) is 6.92 Å². The molecule has 0 aliphatic heterocycles. The van der Waals surface area contributed by atoms with Gasteiger partial charge in [0.2, 0.25) is 0 Å². The topological polar surface area (TPSA) is 26.3 Å². The van der Waals surface area contributed by atoms with Crippen molar-refractivity contribution < 1.29 is 9.53 Å². The minimum absolute atomic E-state index is 0.00375. The smallest absolute Gasteiger partial charge is 0.308 e. The lowest BCUT2D eigenvalue weighted by molar-refractivity contribution is -0.148. The Morgan fingerprint density at radius 3 is 1.90 bits per heavy atom. The van der Waals surface area contributed by atoms with Gasteiger partial charge in [-0.3, -0.25) is 4.79 Å². The van der Waals surface area contributed by atoms with Gasteiger partial charge in [0.1, 0.15) is 0 Å². The van der Waals surface area contributed by atoms with Crippen LogP contribution >= 0.6 is 0 Å². The van der Waals surface area contributed by atoms with Crippen LogP contribution in [0.1, 0.15) is 97.8 Å². The number of hydrogen-bond donors (Lipinski definition) is 0. The van der Waals surface area contributed by atoms with Gasteiger partial charge in [0, 0.05) is 0 Å². The number of carbonyl (C=O) groups is 1. The van der Waals surface area contributed by atoms with Crippen LogP contribution in [0.15, 0.2) is 0 Å². The average Bonchev–Trinajstić information content (AvgIpc) is 2.45. The summed E-state index contributed by atoms with van der Waals surface area (Å²) in [6.45, 7) is 7.04. The molecular formula is C18H36O2. The number of esters is 1. The van der Waals surface area contributed by atoms with Gasteiger partial charge in [-0.2, -0.15) is 0 Å². The van der Waals surface area contributed by atoms with Crippen molar-refractivity contribution >= 4 is 5.97 Å². The first-order chi connectivity index (χ1) is 9.72. The Morgan fingerprint density at radius 1 is 0.800 bits per heavy atom. The minimum Gasteiger partial charge on any atom is -0.465 e. The molecule has 0 radical (unpaired) electrons. The van der Waals surface area contributed by atoms with E-state index in [2.05, 4.69) is 13.8 Å². The molecule has 0 saturated carbocycles. The van der Waals surface area contributed by atoms with Crippen LogP contribution in [0.2, 0.25) is 0 Å². The van der Waals surface area contributed by atoms with Crippen LogP contribution in [0.5, 0.6) is 0 Å². The van der Waals surface area contributed by atoms with Crippen LogP contribution in [-0.4, -0.2) is 12.6 Å². The maximum atomic E-state index is 11.7. The normalized spacial score (nSPS) is 12.3. The maximum absolute atomic E-state index is 11.7. The molecule has 0 rings (SSSR count). The zero-order chi connectivity index (χ0) is 15.1. The van der Waals surface area contributed by atoms with E-state index in [9.17, 15) is 4.79 Å². The zero-order valence-corrected chi connectivity index (χ0v) is 14.1. The van der Waals surface area contributed by atoms with Gasteiger partial charge in [0.15, 0.2) is 0 Å². The SMILES string of the molecule is CCCCCCCCCCOC(=O)C(C)CCCCC. The van der Waals surface area contributed by atoms with Crippen molar-refractivity contribution in [1.82, 2.24) is 0 Å². The lowest BCUT2D eigenvalue weighted by Gasteiger charge is -2.11. The van der Waals surface area contributed by atoms with Gasteiger partial charge in [-0.15, -0.1) is 0 Å². The van der Waals surface area contributed by atoms with Crippen molar-refractivity contribution in [1.29, 1.82) is 0 Å². The Bertz CT molecular complexity index is 213. The molecule has 0 amide bonds. The molecule has 1 unspecified atom stereocenters. The van der Waals surface area contributed by atoms with E-state index in [1.165, 1.54) is 57.8 Å². The molecule has 0 N–H and O–H groups in total. The number of unbranched alkanes of at least 4 members (excludes halogenated alkanes) is 9. The van der Waals surface area contributed by atoms with Crippen molar-refractivity contribution in [3.05, 3.63) is 0 Å². The summed E-state index contributed by atoms with van der Waals surface area (Å²) in [5.74, 6) is 0.0830. The third-order valence-electron chi connectivity index (χ3n) is 3.89. The molecule has 0 aromatic carbocycles. The summed E-state index contributed by atoms with van der Waals surface area (Å²) in [6, 6.07) is 0. The Morgan fingerprint density at radius 2 is 1.30 bits per heavy atom. The van der Waals surface area contributed by atoms with E-state index < -0.39 is 0 Å². The first kappa shape index (κ1) is 19.5. The van der Waals surface area contributed by atoms with Crippen molar-refractivity contribution in [2.24, 2.45) is 5.92 Å². The van der Waals surface area contributed by atoms with Gasteiger partial charge in [-0.1, -0.05) is 85.0 Å². The fourth-order valence-electron chi connectivity index (χ4n) is 2.37. The van der Waals surface area contributed by atoms with E-state index in [4.69, 9.17) is 4.74 Å². The van der Waals surface area contributed by atoms with Gasteiger partial charge >= 0.3 is 5.97 Å².